The molecule has 0 unspecified atom stereocenters. The van der Waals surface area contributed by atoms with Crippen molar-refractivity contribution >= 4 is 23.6 Å². The van der Waals surface area contributed by atoms with Crippen LogP contribution >= 0.6 is 11.8 Å². The fraction of sp³-hybridized carbons (Fsp3) is 0.385. The summed E-state index contributed by atoms with van der Waals surface area (Å²) in [5.41, 5.74) is -0.341. The van der Waals surface area contributed by atoms with E-state index < -0.39 is 29.1 Å². The summed E-state index contributed by atoms with van der Waals surface area (Å²) in [6, 6.07) is 3.21. The molecule has 0 N–H and O–H groups in total. The Morgan fingerprint density at radius 3 is 2.43 bits per heavy atom. The Morgan fingerprint density at radius 2 is 1.95 bits per heavy atom. The summed E-state index contributed by atoms with van der Waals surface area (Å²) >= 11 is 1.17. The number of carbonyl (C=O) groups excluding carboxylic acids is 2. The first-order valence-corrected chi connectivity index (χ1v) is 7.07. The average Bonchev–Trinajstić information content (AvgIpc) is 2.78. The molecule has 1 heterocycles. The third-order valence-electron chi connectivity index (χ3n) is 3.19. The van der Waals surface area contributed by atoms with E-state index in [1.807, 2.05) is 0 Å². The number of aliphatic carboxylic acids is 1. The molecule has 0 aromatic heterocycles. The van der Waals surface area contributed by atoms with Crippen LogP contribution in [0.3, 0.4) is 0 Å². The summed E-state index contributed by atoms with van der Waals surface area (Å²) in [6.07, 6.45) is -4.44. The molecule has 2 rings (SSSR count). The maximum absolute atomic E-state index is 12.5. The maximum Gasteiger partial charge on any atom is 0.416 e. The van der Waals surface area contributed by atoms with E-state index in [9.17, 15) is 27.9 Å². The molecule has 8 heteroatoms. The van der Waals surface area contributed by atoms with E-state index in [0.29, 0.717) is 5.56 Å². The van der Waals surface area contributed by atoms with Crippen LogP contribution in [0, 0.1) is 0 Å². The Labute approximate surface area is 122 Å². The highest BCUT2D eigenvalue weighted by molar-refractivity contribution is 8.00. The zero-order chi connectivity index (χ0) is 15.8. The van der Waals surface area contributed by atoms with Gasteiger partial charge in [0, 0.05) is 0 Å². The van der Waals surface area contributed by atoms with Gasteiger partial charge in [0.2, 0.25) is 5.91 Å². The minimum absolute atomic E-state index is 0.0866. The van der Waals surface area contributed by atoms with E-state index in [1.165, 1.54) is 30.8 Å². The van der Waals surface area contributed by atoms with E-state index in [-0.39, 0.29) is 11.7 Å². The maximum atomic E-state index is 12.5. The third kappa shape index (κ3) is 3.15. The Balaban J connectivity index is 2.28. The highest BCUT2D eigenvalue weighted by Crippen LogP contribution is 2.40. The number of hydrogen-bond donors (Lipinski definition) is 0. The van der Waals surface area contributed by atoms with Crippen LogP contribution < -0.4 is 5.11 Å². The molecule has 0 bridgehead atoms. The number of carboxylic acid groups (broad SMARTS) is 1. The molecular formula is C13H11F3NO3S-. The predicted molar refractivity (Wildman–Crippen MR) is 68.0 cm³/mol. The quantitative estimate of drug-likeness (QED) is 0.846. The van der Waals surface area contributed by atoms with Gasteiger partial charge in [0.15, 0.2) is 0 Å². The predicted octanol–water partition coefficient (Wildman–Crippen LogP) is 1.42. The van der Waals surface area contributed by atoms with Crippen molar-refractivity contribution in [1.82, 2.24) is 4.90 Å². The lowest BCUT2D eigenvalue weighted by molar-refractivity contribution is -0.310. The lowest BCUT2D eigenvalue weighted by atomic mass is 10.1. The molecule has 114 valence electrons. The average molecular weight is 318 g/mol. The second kappa shape index (κ2) is 5.59. The lowest BCUT2D eigenvalue weighted by Crippen LogP contribution is -2.47. The molecule has 1 saturated heterocycles. The van der Waals surface area contributed by atoms with E-state index in [2.05, 4.69) is 0 Å². The lowest BCUT2D eigenvalue weighted by Gasteiger charge is -2.31. The van der Waals surface area contributed by atoms with Crippen molar-refractivity contribution in [3.8, 4) is 0 Å². The van der Waals surface area contributed by atoms with Crippen molar-refractivity contribution in [2.75, 3.05) is 5.75 Å². The molecule has 0 radical (unpaired) electrons. The number of amides is 1. The molecule has 0 spiro atoms. The first kappa shape index (κ1) is 15.7. The number of hydrogen-bond acceptors (Lipinski definition) is 4. The Hall–Kier alpha value is -1.70. The summed E-state index contributed by atoms with van der Waals surface area (Å²) in [7, 11) is 0. The van der Waals surface area contributed by atoms with Crippen LogP contribution in [0.25, 0.3) is 0 Å². The monoisotopic (exact) mass is 318 g/mol. The van der Waals surface area contributed by atoms with Crippen molar-refractivity contribution in [3.63, 3.8) is 0 Å². The molecule has 1 aromatic carbocycles. The van der Waals surface area contributed by atoms with Crippen LogP contribution in [0.15, 0.2) is 24.3 Å². The minimum Gasteiger partial charge on any atom is -0.548 e. The molecule has 1 fully saturated rings. The van der Waals surface area contributed by atoms with E-state index in [4.69, 9.17) is 0 Å². The van der Waals surface area contributed by atoms with Gasteiger partial charge in [-0.1, -0.05) is 12.1 Å². The van der Waals surface area contributed by atoms with Crippen molar-refractivity contribution in [3.05, 3.63) is 35.4 Å². The van der Waals surface area contributed by atoms with Crippen LogP contribution in [0.4, 0.5) is 13.2 Å². The molecule has 1 amide bonds. The van der Waals surface area contributed by atoms with Gasteiger partial charge in [-0.15, -0.1) is 11.8 Å². The summed E-state index contributed by atoms with van der Waals surface area (Å²) in [5, 5.41) is 10.3. The number of rotatable bonds is 3. The molecule has 2 atom stereocenters. The van der Waals surface area contributed by atoms with Gasteiger partial charge in [0.05, 0.1) is 23.3 Å². The fourth-order valence-electron chi connectivity index (χ4n) is 2.06. The summed E-state index contributed by atoms with van der Waals surface area (Å²) in [5.74, 6) is -1.69. The molecular weight excluding hydrogens is 307 g/mol. The van der Waals surface area contributed by atoms with Crippen molar-refractivity contribution in [2.45, 2.75) is 24.5 Å². The molecule has 21 heavy (non-hydrogen) atoms. The number of carbonyl (C=O) groups is 2. The number of alkyl halides is 3. The van der Waals surface area contributed by atoms with Crippen LogP contribution in [0.5, 0.6) is 0 Å². The van der Waals surface area contributed by atoms with Gasteiger partial charge in [-0.2, -0.15) is 13.2 Å². The van der Waals surface area contributed by atoms with E-state index in [0.717, 1.165) is 17.0 Å². The third-order valence-corrected chi connectivity index (χ3v) is 4.42. The van der Waals surface area contributed by atoms with Crippen molar-refractivity contribution < 1.29 is 27.9 Å². The van der Waals surface area contributed by atoms with Crippen LogP contribution in [0.1, 0.15) is 23.4 Å². The summed E-state index contributed by atoms with van der Waals surface area (Å²) in [6.45, 7) is 1.32. The Bertz CT molecular complexity index is 559. The van der Waals surface area contributed by atoms with Crippen molar-refractivity contribution in [1.29, 1.82) is 0 Å². The smallest absolute Gasteiger partial charge is 0.416 e. The SMILES string of the molecule is C[C@H](C(=O)[O-])N1C(=O)CS[C@@H]1c1ccc(C(F)(F)F)cc1. The van der Waals surface area contributed by atoms with Gasteiger partial charge in [-0.25, -0.2) is 0 Å². The minimum atomic E-state index is -4.44. The van der Waals surface area contributed by atoms with Gasteiger partial charge in [-0.3, -0.25) is 4.79 Å². The largest absolute Gasteiger partial charge is 0.548 e. The summed E-state index contributed by atoms with van der Waals surface area (Å²) in [4.78, 5) is 23.8. The number of thioether (sulfide) groups is 1. The summed E-state index contributed by atoms with van der Waals surface area (Å²) < 4.78 is 37.5. The molecule has 1 aliphatic heterocycles. The zero-order valence-electron chi connectivity index (χ0n) is 10.9. The topological polar surface area (TPSA) is 60.4 Å². The van der Waals surface area contributed by atoms with Crippen LogP contribution in [-0.2, 0) is 15.8 Å². The highest BCUT2D eigenvalue weighted by Gasteiger charge is 2.37. The van der Waals surface area contributed by atoms with Gasteiger partial charge < -0.3 is 14.8 Å². The van der Waals surface area contributed by atoms with Crippen molar-refractivity contribution in [2.24, 2.45) is 0 Å². The fourth-order valence-corrected chi connectivity index (χ4v) is 3.32. The van der Waals surface area contributed by atoms with Gasteiger partial charge in [0.1, 0.15) is 5.37 Å². The van der Waals surface area contributed by atoms with E-state index >= 15 is 0 Å². The first-order valence-electron chi connectivity index (χ1n) is 6.02. The number of halogens is 3. The number of benzene rings is 1. The molecule has 1 aromatic rings. The van der Waals surface area contributed by atoms with Crippen LogP contribution in [-0.4, -0.2) is 28.6 Å². The number of nitrogens with zero attached hydrogens (tertiary/aromatic N) is 1. The zero-order valence-corrected chi connectivity index (χ0v) is 11.7. The number of carboxylic acids is 1. The van der Waals surface area contributed by atoms with Gasteiger partial charge >= 0.3 is 6.18 Å². The Morgan fingerprint density at radius 1 is 1.38 bits per heavy atom. The van der Waals surface area contributed by atoms with Crippen LogP contribution in [0.2, 0.25) is 0 Å². The molecule has 0 aliphatic carbocycles. The molecule has 0 saturated carbocycles. The second-order valence-electron chi connectivity index (χ2n) is 4.58. The molecule has 1 aliphatic rings. The Kier molecular flexibility index (Phi) is 4.18. The second-order valence-corrected chi connectivity index (χ2v) is 5.65. The van der Waals surface area contributed by atoms with Gasteiger partial charge in [0.25, 0.3) is 0 Å². The first-order chi connectivity index (χ1) is 9.71. The highest BCUT2D eigenvalue weighted by atomic mass is 32.2. The standard InChI is InChI=1S/C13H12F3NO3S/c1-7(12(19)20)17-10(18)6-21-11(17)8-2-4-9(5-3-8)13(14,15)16/h2-5,7,11H,6H2,1H3,(H,19,20)/p-1/t7-,11-/m1/s1. The normalized spacial score (nSPS) is 20.7. The van der Waals surface area contributed by atoms with Gasteiger partial charge in [-0.05, 0) is 24.6 Å². The molecule has 4 nitrogen and oxygen atoms in total. The van der Waals surface area contributed by atoms with E-state index in [1.54, 1.807) is 0 Å².